The van der Waals surface area contributed by atoms with E-state index in [9.17, 15) is 4.79 Å². The minimum Gasteiger partial charge on any atom is -0.380 e. The Morgan fingerprint density at radius 1 is 1.37 bits per heavy atom. The Labute approximate surface area is 113 Å². The van der Waals surface area contributed by atoms with Crippen molar-refractivity contribution < 1.29 is 9.53 Å². The summed E-state index contributed by atoms with van der Waals surface area (Å²) in [5.41, 5.74) is 4.25. The van der Waals surface area contributed by atoms with Gasteiger partial charge in [-0.1, -0.05) is 24.3 Å². The van der Waals surface area contributed by atoms with E-state index >= 15 is 0 Å². The zero-order valence-corrected chi connectivity index (χ0v) is 11.5. The van der Waals surface area contributed by atoms with Gasteiger partial charge in [0.25, 0.3) is 0 Å². The number of carbonyl (C=O) groups excluding carboxylic acids is 1. The lowest BCUT2D eigenvalue weighted by Crippen LogP contribution is -2.37. The van der Waals surface area contributed by atoms with Gasteiger partial charge in [-0.05, 0) is 23.6 Å². The number of amides is 1. The third-order valence-electron chi connectivity index (χ3n) is 3.30. The van der Waals surface area contributed by atoms with Crippen LogP contribution in [0.2, 0.25) is 0 Å². The molecule has 1 aromatic rings. The number of nitrogens with one attached hydrogen (secondary N) is 2. The molecule has 1 amide bonds. The highest BCUT2D eigenvalue weighted by molar-refractivity contribution is 5.93. The van der Waals surface area contributed by atoms with Gasteiger partial charge in [0, 0.05) is 32.3 Å². The predicted molar refractivity (Wildman–Crippen MR) is 74.6 cm³/mol. The maximum absolute atomic E-state index is 11.9. The first-order chi connectivity index (χ1) is 9.20. The number of benzene rings is 1. The van der Waals surface area contributed by atoms with Crippen LogP contribution in [-0.4, -0.2) is 26.1 Å². The van der Waals surface area contributed by atoms with Gasteiger partial charge in [0.05, 0.1) is 6.61 Å². The first-order valence-corrected chi connectivity index (χ1v) is 6.45. The third kappa shape index (κ3) is 3.66. The Morgan fingerprint density at radius 3 is 2.74 bits per heavy atom. The van der Waals surface area contributed by atoms with Crippen molar-refractivity contribution in [3.63, 3.8) is 0 Å². The summed E-state index contributed by atoms with van der Waals surface area (Å²) in [6.07, 6.45) is 0. The number of hydrogen-bond acceptors (Lipinski definition) is 3. The summed E-state index contributed by atoms with van der Waals surface area (Å²) in [5.74, 6) is 0.0219. The van der Waals surface area contributed by atoms with Gasteiger partial charge in [-0.2, -0.15) is 0 Å². The second-order valence-corrected chi connectivity index (χ2v) is 4.77. The van der Waals surface area contributed by atoms with Crippen LogP contribution in [-0.2, 0) is 22.7 Å². The highest BCUT2D eigenvalue weighted by atomic mass is 16.5. The van der Waals surface area contributed by atoms with Gasteiger partial charge in [0.15, 0.2) is 0 Å². The molecule has 1 aliphatic heterocycles. The van der Waals surface area contributed by atoms with E-state index in [-0.39, 0.29) is 5.91 Å². The minimum atomic E-state index is 0.0219. The van der Waals surface area contributed by atoms with Crippen molar-refractivity contribution in [1.29, 1.82) is 0 Å². The molecule has 1 fully saturated rings. The Bertz CT molecular complexity index is 489. The summed E-state index contributed by atoms with van der Waals surface area (Å²) in [6.45, 7) is 4.70. The molecule has 1 saturated heterocycles. The number of methoxy groups -OCH3 is 1. The lowest BCUT2D eigenvalue weighted by atomic mass is 10.0. The van der Waals surface area contributed by atoms with Crippen LogP contribution in [0.4, 0.5) is 0 Å². The molecule has 4 nitrogen and oxygen atoms in total. The van der Waals surface area contributed by atoms with Gasteiger partial charge in [-0.25, -0.2) is 0 Å². The van der Waals surface area contributed by atoms with E-state index in [1.54, 1.807) is 7.11 Å². The lowest BCUT2D eigenvalue weighted by molar-refractivity contribution is -0.117. The van der Waals surface area contributed by atoms with Gasteiger partial charge in [0.2, 0.25) is 5.91 Å². The topological polar surface area (TPSA) is 50.4 Å². The van der Waals surface area contributed by atoms with Crippen LogP contribution in [0.15, 0.2) is 35.4 Å². The molecule has 1 aromatic carbocycles. The Morgan fingerprint density at radius 2 is 2.11 bits per heavy atom. The second-order valence-electron chi connectivity index (χ2n) is 4.77. The van der Waals surface area contributed by atoms with E-state index < -0.39 is 0 Å². The normalized spacial score (nSPS) is 13.9. The van der Waals surface area contributed by atoms with Gasteiger partial charge in [0.1, 0.15) is 0 Å². The number of rotatable bonds is 5. The van der Waals surface area contributed by atoms with Crippen LogP contribution >= 0.6 is 0 Å². The predicted octanol–water partition coefficient (Wildman–Crippen LogP) is 1.37. The molecule has 0 saturated carbocycles. The fourth-order valence-electron chi connectivity index (χ4n) is 1.99. The van der Waals surface area contributed by atoms with E-state index in [4.69, 9.17) is 4.74 Å². The molecule has 0 bridgehead atoms. The van der Waals surface area contributed by atoms with Crippen LogP contribution in [0.25, 0.3) is 0 Å². The molecule has 1 heterocycles. The first kappa shape index (κ1) is 13.8. The summed E-state index contributed by atoms with van der Waals surface area (Å²) in [7, 11) is 1.68. The van der Waals surface area contributed by atoms with Gasteiger partial charge in [-0.15, -0.1) is 0 Å². The molecule has 0 atom stereocenters. The molecule has 0 aliphatic carbocycles. The number of hydrogen-bond donors (Lipinski definition) is 2. The Hall–Kier alpha value is -1.65. The molecule has 4 heteroatoms. The Balaban J connectivity index is 1.91. The zero-order valence-electron chi connectivity index (χ0n) is 11.5. The molecule has 19 heavy (non-hydrogen) atoms. The van der Waals surface area contributed by atoms with Gasteiger partial charge >= 0.3 is 0 Å². The summed E-state index contributed by atoms with van der Waals surface area (Å²) in [5, 5.41) is 6.09. The van der Waals surface area contributed by atoms with Gasteiger partial charge < -0.3 is 15.4 Å². The average Bonchev–Trinajstić information content (AvgIpc) is 2.34. The average molecular weight is 260 g/mol. The fourth-order valence-corrected chi connectivity index (χ4v) is 1.99. The van der Waals surface area contributed by atoms with Crippen molar-refractivity contribution >= 4 is 5.91 Å². The summed E-state index contributed by atoms with van der Waals surface area (Å²) >= 11 is 0. The standard InChI is InChI=1S/C15H20N2O2/c1-11(14-8-16-9-14)15(18)17-7-12-4-3-5-13(6-12)10-19-2/h3-6,16H,7-10H2,1-2H3,(H,17,18). The van der Waals surface area contributed by atoms with Crippen LogP contribution < -0.4 is 10.6 Å². The second kappa shape index (κ2) is 6.50. The maximum atomic E-state index is 11.9. The van der Waals surface area contributed by atoms with Crippen LogP contribution in [0.1, 0.15) is 18.1 Å². The van der Waals surface area contributed by atoms with Crippen molar-refractivity contribution in [2.75, 3.05) is 20.2 Å². The molecule has 0 aromatic heterocycles. The summed E-state index contributed by atoms with van der Waals surface area (Å²) in [4.78, 5) is 11.9. The fraction of sp³-hybridized carbons (Fsp3) is 0.400. The molecule has 2 N–H and O–H groups in total. The molecule has 0 radical (unpaired) electrons. The summed E-state index contributed by atoms with van der Waals surface area (Å²) in [6, 6.07) is 8.06. The smallest absolute Gasteiger partial charge is 0.247 e. The molecule has 102 valence electrons. The number of carbonyl (C=O) groups is 1. The molecular formula is C15H20N2O2. The van der Waals surface area contributed by atoms with Crippen molar-refractivity contribution in [2.24, 2.45) is 0 Å². The Kier molecular flexibility index (Phi) is 4.71. The first-order valence-electron chi connectivity index (χ1n) is 6.45. The van der Waals surface area contributed by atoms with Crippen LogP contribution in [0, 0.1) is 0 Å². The highest BCUT2D eigenvalue weighted by Gasteiger charge is 2.15. The highest BCUT2D eigenvalue weighted by Crippen LogP contribution is 2.10. The van der Waals surface area contributed by atoms with Crippen molar-refractivity contribution in [3.05, 3.63) is 46.5 Å². The molecule has 0 spiro atoms. The maximum Gasteiger partial charge on any atom is 0.247 e. The SMILES string of the molecule is COCc1cccc(CNC(=O)C(C)=C2CNC2)c1. The quantitative estimate of drug-likeness (QED) is 0.786. The van der Waals surface area contributed by atoms with E-state index in [0.717, 1.165) is 29.8 Å². The minimum absolute atomic E-state index is 0.0219. The van der Waals surface area contributed by atoms with Crippen LogP contribution in [0.5, 0.6) is 0 Å². The van der Waals surface area contributed by atoms with E-state index in [2.05, 4.69) is 16.7 Å². The zero-order chi connectivity index (χ0) is 13.7. The van der Waals surface area contributed by atoms with E-state index in [0.29, 0.717) is 13.2 Å². The van der Waals surface area contributed by atoms with Crippen molar-refractivity contribution in [2.45, 2.75) is 20.1 Å². The van der Waals surface area contributed by atoms with E-state index in [1.807, 2.05) is 25.1 Å². The van der Waals surface area contributed by atoms with Crippen molar-refractivity contribution in [1.82, 2.24) is 10.6 Å². The molecular weight excluding hydrogens is 240 g/mol. The monoisotopic (exact) mass is 260 g/mol. The lowest BCUT2D eigenvalue weighted by Gasteiger charge is -2.21. The molecule has 2 rings (SSSR count). The number of ether oxygens (including phenoxy) is 1. The molecule has 1 aliphatic rings. The molecule has 0 unspecified atom stereocenters. The third-order valence-corrected chi connectivity index (χ3v) is 3.30. The van der Waals surface area contributed by atoms with Crippen molar-refractivity contribution in [3.8, 4) is 0 Å². The summed E-state index contributed by atoms with van der Waals surface area (Å²) < 4.78 is 5.10. The van der Waals surface area contributed by atoms with Crippen LogP contribution in [0.3, 0.4) is 0 Å². The van der Waals surface area contributed by atoms with E-state index in [1.165, 1.54) is 5.57 Å². The van der Waals surface area contributed by atoms with Gasteiger partial charge in [-0.3, -0.25) is 4.79 Å². The largest absolute Gasteiger partial charge is 0.380 e.